The van der Waals surface area contributed by atoms with E-state index < -0.39 is 0 Å². The van der Waals surface area contributed by atoms with Crippen molar-refractivity contribution in [3.63, 3.8) is 0 Å². The van der Waals surface area contributed by atoms with Gasteiger partial charge in [0.1, 0.15) is 5.75 Å². The Kier molecular flexibility index (Phi) is 4.65. The number of ether oxygens (including phenoxy) is 1. The van der Waals surface area contributed by atoms with E-state index in [2.05, 4.69) is 21.2 Å². The molecule has 1 unspecified atom stereocenters. The first-order chi connectivity index (χ1) is 9.51. The molecule has 6 heteroatoms. The molecule has 2 rings (SSSR count). The van der Waals surface area contributed by atoms with Crippen LogP contribution in [0.4, 0.5) is 0 Å². The molecule has 1 fully saturated rings. The number of amides is 2. The lowest BCUT2D eigenvalue weighted by Crippen LogP contribution is -2.39. The summed E-state index contributed by atoms with van der Waals surface area (Å²) in [6.07, 6.45) is 0.336. The second-order valence-electron chi connectivity index (χ2n) is 4.82. The third-order valence-corrected chi connectivity index (χ3v) is 3.96. The summed E-state index contributed by atoms with van der Waals surface area (Å²) in [7, 11) is 1.61. The van der Waals surface area contributed by atoms with Crippen molar-refractivity contribution in [2.75, 3.05) is 13.7 Å². The molecule has 20 heavy (non-hydrogen) atoms. The van der Waals surface area contributed by atoms with Crippen LogP contribution >= 0.6 is 15.9 Å². The van der Waals surface area contributed by atoms with Gasteiger partial charge in [0.25, 0.3) is 0 Å². The molecule has 0 bridgehead atoms. The van der Waals surface area contributed by atoms with Gasteiger partial charge in [-0.3, -0.25) is 9.59 Å². The highest BCUT2D eigenvalue weighted by atomic mass is 79.9. The zero-order chi connectivity index (χ0) is 14.7. The van der Waals surface area contributed by atoms with E-state index >= 15 is 0 Å². The zero-order valence-electron chi connectivity index (χ0n) is 11.5. The fourth-order valence-corrected chi connectivity index (χ4v) is 2.81. The fraction of sp³-hybridized carbons (Fsp3) is 0.429. The van der Waals surface area contributed by atoms with Gasteiger partial charge in [-0.1, -0.05) is 6.07 Å². The van der Waals surface area contributed by atoms with Crippen LogP contribution in [-0.4, -0.2) is 36.4 Å². The molecule has 1 aliphatic rings. The molecule has 1 N–H and O–H groups in total. The maximum Gasteiger partial charge on any atom is 0.242 e. The standard InChI is InChI=1S/C14H17BrN2O3/c1-9-5-13(18)16-7-14(19)17(9)8-10-3-4-12(20-2)11(15)6-10/h3-4,6,9H,5,7-8H2,1-2H3,(H,16,18). The Bertz CT molecular complexity index is 533. The van der Waals surface area contributed by atoms with E-state index in [-0.39, 0.29) is 24.4 Å². The molecule has 1 aliphatic heterocycles. The molecule has 2 amide bonds. The summed E-state index contributed by atoms with van der Waals surface area (Å²) in [5.41, 5.74) is 0.993. The van der Waals surface area contributed by atoms with Crippen LogP contribution in [0.1, 0.15) is 18.9 Å². The third kappa shape index (κ3) is 3.30. The average Bonchev–Trinajstić information content (AvgIpc) is 2.52. The molecule has 1 saturated heterocycles. The van der Waals surface area contributed by atoms with E-state index in [9.17, 15) is 9.59 Å². The molecular weight excluding hydrogens is 324 g/mol. The quantitative estimate of drug-likeness (QED) is 0.910. The lowest BCUT2D eigenvalue weighted by atomic mass is 10.1. The summed E-state index contributed by atoms with van der Waals surface area (Å²) < 4.78 is 6.03. The Hall–Kier alpha value is -1.56. The maximum absolute atomic E-state index is 12.1. The van der Waals surface area contributed by atoms with E-state index in [1.807, 2.05) is 25.1 Å². The van der Waals surface area contributed by atoms with Gasteiger partial charge in [0.05, 0.1) is 18.1 Å². The van der Waals surface area contributed by atoms with Crippen LogP contribution in [0.25, 0.3) is 0 Å². The van der Waals surface area contributed by atoms with Gasteiger partial charge in [0.2, 0.25) is 11.8 Å². The van der Waals surface area contributed by atoms with Crippen molar-refractivity contribution in [3.8, 4) is 5.75 Å². The number of hydrogen-bond acceptors (Lipinski definition) is 3. The Balaban J connectivity index is 2.16. The minimum Gasteiger partial charge on any atom is -0.496 e. The van der Waals surface area contributed by atoms with Crippen molar-refractivity contribution < 1.29 is 14.3 Å². The largest absolute Gasteiger partial charge is 0.496 e. The van der Waals surface area contributed by atoms with Gasteiger partial charge < -0.3 is 15.0 Å². The van der Waals surface area contributed by atoms with Crippen LogP contribution in [0, 0.1) is 0 Å². The molecule has 1 heterocycles. The van der Waals surface area contributed by atoms with Gasteiger partial charge in [-0.05, 0) is 40.5 Å². The van der Waals surface area contributed by atoms with Gasteiger partial charge in [-0.25, -0.2) is 0 Å². The van der Waals surface area contributed by atoms with Gasteiger partial charge in [-0.15, -0.1) is 0 Å². The topological polar surface area (TPSA) is 58.6 Å². The molecule has 0 spiro atoms. The second-order valence-corrected chi connectivity index (χ2v) is 5.67. The number of carbonyl (C=O) groups excluding carboxylic acids is 2. The number of nitrogens with zero attached hydrogens (tertiary/aromatic N) is 1. The van der Waals surface area contributed by atoms with E-state index in [1.54, 1.807) is 12.0 Å². The molecule has 108 valence electrons. The lowest BCUT2D eigenvalue weighted by Gasteiger charge is -2.26. The summed E-state index contributed by atoms with van der Waals surface area (Å²) in [5.74, 6) is 0.611. The summed E-state index contributed by atoms with van der Waals surface area (Å²) in [4.78, 5) is 25.2. The fourth-order valence-electron chi connectivity index (χ4n) is 2.22. The van der Waals surface area contributed by atoms with E-state index in [0.717, 1.165) is 15.8 Å². The van der Waals surface area contributed by atoms with Gasteiger partial charge in [0.15, 0.2) is 0 Å². The Morgan fingerprint density at radius 3 is 2.85 bits per heavy atom. The van der Waals surface area contributed by atoms with Gasteiger partial charge >= 0.3 is 0 Å². The smallest absolute Gasteiger partial charge is 0.242 e. The first-order valence-electron chi connectivity index (χ1n) is 6.40. The van der Waals surface area contributed by atoms with Crippen LogP contribution in [-0.2, 0) is 16.1 Å². The number of halogens is 1. The van der Waals surface area contributed by atoms with Crippen molar-refractivity contribution >= 4 is 27.7 Å². The van der Waals surface area contributed by atoms with E-state index in [4.69, 9.17) is 4.74 Å². The third-order valence-electron chi connectivity index (χ3n) is 3.34. The summed E-state index contributed by atoms with van der Waals surface area (Å²) in [5, 5.41) is 2.61. The predicted molar refractivity (Wildman–Crippen MR) is 78.3 cm³/mol. The van der Waals surface area contributed by atoms with Crippen LogP contribution in [0.5, 0.6) is 5.75 Å². The molecule has 0 aromatic heterocycles. The van der Waals surface area contributed by atoms with Crippen LogP contribution in [0.3, 0.4) is 0 Å². The first-order valence-corrected chi connectivity index (χ1v) is 7.19. The Morgan fingerprint density at radius 1 is 1.45 bits per heavy atom. The minimum absolute atomic E-state index is 0.0599. The zero-order valence-corrected chi connectivity index (χ0v) is 13.1. The van der Waals surface area contributed by atoms with E-state index in [0.29, 0.717) is 13.0 Å². The summed E-state index contributed by atoms with van der Waals surface area (Å²) >= 11 is 3.43. The van der Waals surface area contributed by atoms with Crippen molar-refractivity contribution in [1.29, 1.82) is 0 Å². The predicted octanol–water partition coefficient (Wildman–Crippen LogP) is 1.69. The van der Waals surface area contributed by atoms with E-state index in [1.165, 1.54) is 0 Å². The number of nitrogens with one attached hydrogen (secondary N) is 1. The Labute approximate surface area is 126 Å². The maximum atomic E-state index is 12.1. The van der Waals surface area contributed by atoms with Crippen molar-refractivity contribution in [3.05, 3.63) is 28.2 Å². The first kappa shape index (κ1) is 14.8. The monoisotopic (exact) mass is 340 g/mol. The van der Waals surface area contributed by atoms with Crippen LogP contribution < -0.4 is 10.1 Å². The second kappa shape index (κ2) is 6.26. The number of carbonyl (C=O) groups is 2. The molecule has 0 radical (unpaired) electrons. The van der Waals surface area contributed by atoms with Crippen LogP contribution in [0.15, 0.2) is 22.7 Å². The molecule has 0 aliphatic carbocycles. The van der Waals surface area contributed by atoms with Crippen molar-refractivity contribution in [1.82, 2.24) is 10.2 Å². The van der Waals surface area contributed by atoms with Crippen molar-refractivity contribution in [2.24, 2.45) is 0 Å². The molecule has 1 atom stereocenters. The minimum atomic E-state index is -0.106. The SMILES string of the molecule is COc1ccc(CN2C(=O)CNC(=O)CC2C)cc1Br. The number of rotatable bonds is 3. The van der Waals surface area contributed by atoms with Crippen molar-refractivity contribution in [2.45, 2.75) is 25.9 Å². The molecule has 5 nitrogen and oxygen atoms in total. The number of methoxy groups -OCH3 is 1. The number of hydrogen-bond donors (Lipinski definition) is 1. The highest BCUT2D eigenvalue weighted by Gasteiger charge is 2.26. The molecule has 1 aromatic rings. The van der Waals surface area contributed by atoms with Gasteiger partial charge in [-0.2, -0.15) is 0 Å². The number of benzene rings is 1. The van der Waals surface area contributed by atoms with Gasteiger partial charge in [0, 0.05) is 19.0 Å². The normalized spacial score (nSPS) is 19.6. The Morgan fingerprint density at radius 2 is 2.20 bits per heavy atom. The highest BCUT2D eigenvalue weighted by Crippen LogP contribution is 2.26. The lowest BCUT2D eigenvalue weighted by molar-refractivity contribution is -0.132. The van der Waals surface area contributed by atoms with Crippen LogP contribution in [0.2, 0.25) is 0 Å². The molecule has 0 saturated carbocycles. The highest BCUT2D eigenvalue weighted by molar-refractivity contribution is 9.10. The molecule has 1 aromatic carbocycles. The summed E-state index contributed by atoms with van der Waals surface area (Å²) in [6, 6.07) is 5.60. The molecular formula is C14H17BrN2O3. The summed E-state index contributed by atoms with van der Waals surface area (Å²) in [6.45, 7) is 2.44. The average molecular weight is 341 g/mol.